The molecule has 3 nitrogen and oxygen atoms in total. The molecule has 2 rings (SSSR count). The number of hydrogen-bond acceptors (Lipinski definition) is 3. The zero-order chi connectivity index (χ0) is 13.1. The maximum Gasteiger partial charge on any atom is 0.122 e. The van der Waals surface area contributed by atoms with E-state index in [-0.39, 0.29) is 6.61 Å². The molecule has 1 atom stereocenters. The van der Waals surface area contributed by atoms with Crippen molar-refractivity contribution in [1.29, 1.82) is 0 Å². The maximum atomic E-state index is 9.36. The zero-order valence-corrected chi connectivity index (χ0v) is 11.6. The predicted octanol–water partition coefficient (Wildman–Crippen LogP) is 2.27. The minimum atomic E-state index is 0.272. The lowest BCUT2D eigenvalue weighted by Gasteiger charge is -2.24. The van der Waals surface area contributed by atoms with Gasteiger partial charge in [0.25, 0.3) is 0 Å². The minimum absolute atomic E-state index is 0.272. The highest BCUT2D eigenvalue weighted by molar-refractivity contribution is 5.43. The van der Waals surface area contributed by atoms with E-state index in [4.69, 9.17) is 4.74 Å². The number of nitrogens with zero attached hydrogens (tertiary/aromatic N) is 1. The second kappa shape index (κ2) is 5.72. The highest BCUT2D eigenvalue weighted by Gasteiger charge is 2.24. The largest absolute Gasteiger partial charge is 0.496 e. The van der Waals surface area contributed by atoms with E-state index in [2.05, 4.69) is 24.8 Å². The Bertz CT molecular complexity index is 417. The van der Waals surface area contributed by atoms with Crippen LogP contribution in [0.3, 0.4) is 0 Å². The van der Waals surface area contributed by atoms with Gasteiger partial charge in [-0.05, 0) is 56.0 Å². The van der Waals surface area contributed by atoms with Gasteiger partial charge in [0.2, 0.25) is 0 Å². The highest BCUT2D eigenvalue weighted by Crippen LogP contribution is 2.27. The number of aliphatic hydroxyl groups is 1. The molecule has 1 saturated heterocycles. The van der Waals surface area contributed by atoms with E-state index < -0.39 is 0 Å². The van der Waals surface area contributed by atoms with Crippen LogP contribution in [-0.2, 0) is 6.54 Å². The van der Waals surface area contributed by atoms with Gasteiger partial charge >= 0.3 is 0 Å². The van der Waals surface area contributed by atoms with E-state index >= 15 is 0 Å². The Balaban J connectivity index is 2.17. The second-order valence-electron chi connectivity index (χ2n) is 5.13. The molecule has 1 aromatic carbocycles. The van der Waals surface area contributed by atoms with E-state index in [1.54, 1.807) is 7.11 Å². The van der Waals surface area contributed by atoms with Crippen LogP contribution in [0.25, 0.3) is 0 Å². The molecule has 1 fully saturated rings. The number of likely N-dealkylation sites (tertiary alicyclic amines) is 1. The molecule has 0 unspecified atom stereocenters. The fraction of sp³-hybridized carbons (Fsp3) is 0.600. The van der Waals surface area contributed by atoms with Crippen molar-refractivity contribution >= 4 is 0 Å². The van der Waals surface area contributed by atoms with Gasteiger partial charge in [0, 0.05) is 12.6 Å². The average molecular weight is 249 g/mol. The summed E-state index contributed by atoms with van der Waals surface area (Å²) in [6.07, 6.45) is 2.31. The van der Waals surface area contributed by atoms with Gasteiger partial charge in [-0.15, -0.1) is 0 Å². The molecule has 0 spiro atoms. The van der Waals surface area contributed by atoms with Crippen molar-refractivity contribution in [2.75, 3.05) is 20.3 Å². The number of methoxy groups -OCH3 is 1. The van der Waals surface area contributed by atoms with Crippen LogP contribution in [0.15, 0.2) is 12.1 Å². The van der Waals surface area contributed by atoms with Gasteiger partial charge in [-0.2, -0.15) is 0 Å². The normalized spacial score (nSPS) is 20.3. The lowest BCUT2D eigenvalue weighted by atomic mass is 10.0. The first-order valence-corrected chi connectivity index (χ1v) is 6.65. The Morgan fingerprint density at radius 3 is 2.78 bits per heavy atom. The quantitative estimate of drug-likeness (QED) is 0.888. The lowest BCUT2D eigenvalue weighted by Crippen LogP contribution is -2.31. The monoisotopic (exact) mass is 249 g/mol. The summed E-state index contributed by atoms with van der Waals surface area (Å²) < 4.78 is 5.34. The third-order valence-electron chi connectivity index (χ3n) is 4.15. The molecule has 3 heteroatoms. The fourth-order valence-corrected chi connectivity index (χ4v) is 2.77. The van der Waals surface area contributed by atoms with Gasteiger partial charge in [-0.25, -0.2) is 0 Å². The smallest absolute Gasteiger partial charge is 0.122 e. The second-order valence-corrected chi connectivity index (χ2v) is 5.13. The van der Waals surface area contributed by atoms with Crippen LogP contribution >= 0.6 is 0 Å². The summed E-state index contributed by atoms with van der Waals surface area (Å²) in [6.45, 7) is 6.55. The Morgan fingerprint density at radius 2 is 2.11 bits per heavy atom. The molecule has 1 aliphatic rings. The molecule has 100 valence electrons. The molecule has 0 aliphatic carbocycles. The third-order valence-corrected chi connectivity index (χ3v) is 4.15. The van der Waals surface area contributed by atoms with Gasteiger partial charge in [-0.3, -0.25) is 4.90 Å². The van der Waals surface area contributed by atoms with E-state index in [0.717, 1.165) is 25.3 Å². The van der Waals surface area contributed by atoms with Gasteiger partial charge < -0.3 is 9.84 Å². The minimum Gasteiger partial charge on any atom is -0.496 e. The molecular formula is C15H23NO2. The topological polar surface area (TPSA) is 32.7 Å². The van der Waals surface area contributed by atoms with Gasteiger partial charge in [0.1, 0.15) is 5.75 Å². The van der Waals surface area contributed by atoms with Crippen LogP contribution in [0, 0.1) is 13.8 Å². The van der Waals surface area contributed by atoms with Crippen molar-refractivity contribution in [1.82, 2.24) is 4.90 Å². The van der Waals surface area contributed by atoms with Gasteiger partial charge in [0.15, 0.2) is 0 Å². The van der Waals surface area contributed by atoms with E-state index in [0.29, 0.717) is 6.04 Å². The number of hydrogen-bond donors (Lipinski definition) is 1. The van der Waals surface area contributed by atoms with Gasteiger partial charge in [-0.1, -0.05) is 6.07 Å². The van der Waals surface area contributed by atoms with Crippen LogP contribution in [0.5, 0.6) is 5.75 Å². The Labute approximate surface area is 109 Å². The number of aliphatic hydroxyl groups excluding tert-OH is 1. The van der Waals surface area contributed by atoms with Crippen molar-refractivity contribution in [2.45, 2.75) is 39.3 Å². The maximum absolute atomic E-state index is 9.36. The Kier molecular flexibility index (Phi) is 4.25. The summed E-state index contributed by atoms with van der Waals surface area (Å²) in [4.78, 5) is 2.38. The van der Waals surface area contributed by atoms with Crippen LogP contribution in [0.4, 0.5) is 0 Å². The number of benzene rings is 1. The van der Waals surface area contributed by atoms with E-state index in [9.17, 15) is 5.11 Å². The molecule has 1 aromatic rings. The predicted molar refractivity (Wildman–Crippen MR) is 73.0 cm³/mol. The van der Waals surface area contributed by atoms with Crippen molar-refractivity contribution in [3.63, 3.8) is 0 Å². The number of ether oxygens (including phenoxy) is 1. The third kappa shape index (κ3) is 2.52. The van der Waals surface area contributed by atoms with Gasteiger partial charge in [0.05, 0.1) is 13.7 Å². The Morgan fingerprint density at radius 1 is 1.33 bits per heavy atom. The fourth-order valence-electron chi connectivity index (χ4n) is 2.77. The van der Waals surface area contributed by atoms with Crippen LogP contribution in [0.2, 0.25) is 0 Å². The van der Waals surface area contributed by atoms with Crippen molar-refractivity contribution in [2.24, 2.45) is 0 Å². The number of rotatable bonds is 4. The average Bonchev–Trinajstić information content (AvgIpc) is 2.82. The molecule has 0 radical (unpaired) electrons. The van der Waals surface area contributed by atoms with E-state index in [1.165, 1.54) is 23.1 Å². The molecule has 0 amide bonds. The van der Waals surface area contributed by atoms with E-state index in [1.807, 2.05) is 6.07 Å². The summed E-state index contributed by atoms with van der Waals surface area (Å²) in [5.41, 5.74) is 3.86. The van der Waals surface area contributed by atoms with Crippen LogP contribution in [-0.4, -0.2) is 36.3 Å². The standard InChI is InChI=1S/C15H23NO2/c1-11-12(2)15(18-3)7-6-13(11)9-16-8-4-5-14(16)10-17/h6-7,14,17H,4-5,8-10H2,1-3H3/t14-/m0/s1. The van der Waals surface area contributed by atoms with Crippen molar-refractivity contribution in [3.05, 3.63) is 28.8 Å². The first kappa shape index (κ1) is 13.4. The summed E-state index contributed by atoms with van der Waals surface area (Å²) >= 11 is 0. The Hall–Kier alpha value is -1.06. The molecular weight excluding hydrogens is 226 g/mol. The van der Waals surface area contributed by atoms with Crippen molar-refractivity contribution < 1.29 is 9.84 Å². The summed E-state index contributed by atoms with van der Waals surface area (Å²) in [6, 6.07) is 4.53. The first-order valence-electron chi connectivity index (χ1n) is 6.65. The molecule has 0 saturated carbocycles. The lowest BCUT2D eigenvalue weighted by molar-refractivity contribution is 0.153. The summed E-state index contributed by atoms with van der Waals surface area (Å²) in [7, 11) is 1.71. The molecule has 1 aliphatic heterocycles. The van der Waals surface area contributed by atoms with Crippen LogP contribution in [0.1, 0.15) is 29.5 Å². The van der Waals surface area contributed by atoms with Crippen molar-refractivity contribution in [3.8, 4) is 5.75 Å². The molecule has 0 bridgehead atoms. The molecule has 18 heavy (non-hydrogen) atoms. The summed E-state index contributed by atoms with van der Waals surface area (Å²) in [5, 5.41) is 9.36. The molecule has 1 heterocycles. The summed E-state index contributed by atoms with van der Waals surface area (Å²) in [5.74, 6) is 0.955. The first-order chi connectivity index (χ1) is 8.67. The zero-order valence-electron chi connectivity index (χ0n) is 11.6. The molecule has 0 aromatic heterocycles. The highest BCUT2D eigenvalue weighted by atomic mass is 16.5. The van der Waals surface area contributed by atoms with Crippen LogP contribution < -0.4 is 4.74 Å². The SMILES string of the molecule is COc1ccc(CN2CCC[C@H]2CO)c(C)c1C. The molecule has 1 N–H and O–H groups in total.